The Balaban J connectivity index is 2.17. The molecule has 84 valence electrons. The summed E-state index contributed by atoms with van der Waals surface area (Å²) in [5.74, 6) is 1.01. The van der Waals surface area contributed by atoms with Gasteiger partial charge in [0.2, 0.25) is 0 Å². The second-order valence-electron chi connectivity index (χ2n) is 5.32. The molecule has 0 radical (unpaired) electrons. The molecule has 4 atom stereocenters. The number of fused-ring (bicyclic) bond motifs is 1. The minimum atomic E-state index is -0.591. The molecule has 2 aliphatic carbocycles. The molecule has 2 fully saturated rings. The maximum absolute atomic E-state index is 11.2. The van der Waals surface area contributed by atoms with Crippen molar-refractivity contribution in [1.29, 1.82) is 0 Å². The van der Waals surface area contributed by atoms with Crippen LogP contribution in [-0.2, 0) is 4.79 Å². The first kappa shape index (κ1) is 10.7. The summed E-state index contributed by atoms with van der Waals surface area (Å²) in [4.78, 5) is 11.2. The van der Waals surface area contributed by atoms with Gasteiger partial charge in [-0.3, -0.25) is 4.79 Å². The highest BCUT2D eigenvalue weighted by atomic mass is 16.4. The van der Waals surface area contributed by atoms with Gasteiger partial charge in [0.25, 0.3) is 0 Å². The number of aliphatic carboxylic acids is 1. The smallest absolute Gasteiger partial charge is 0.306 e. The highest BCUT2D eigenvalue weighted by Crippen LogP contribution is 2.47. The average Bonchev–Trinajstić information content (AvgIpc) is 2.17. The lowest BCUT2D eigenvalue weighted by Crippen LogP contribution is -2.39. The van der Waals surface area contributed by atoms with E-state index in [0.29, 0.717) is 17.8 Å². The molecule has 4 unspecified atom stereocenters. The summed E-state index contributed by atoms with van der Waals surface area (Å²) >= 11 is 0. The van der Waals surface area contributed by atoms with Crippen molar-refractivity contribution in [2.45, 2.75) is 39.0 Å². The lowest BCUT2D eigenvalue weighted by atomic mass is 9.61. The topological polar surface area (TPSA) is 37.3 Å². The highest BCUT2D eigenvalue weighted by Gasteiger charge is 2.42. The normalized spacial score (nSPS) is 41.0. The number of rotatable bonds is 1. The number of hydrogen-bond donors (Lipinski definition) is 1. The molecule has 2 saturated carbocycles. The summed E-state index contributed by atoms with van der Waals surface area (Å²) in [6.45, 7) is 6.31. The van der Waals surface area contributed by atoms with E-state index in [9.17, 15) is 9.90 Å². The Hall–Kier alpha value is -0.790. The molecule has 0 heterocycles. The van der Waals surface area contributed by atoms with Crippen LogP contribution in [0.1, 0.15) is 39.0 Å². The SMILES string of the molecule is C=C1CCC2C(C)CCC(C(=O)O)C2C1. The van der Waals surface area contributed by atoms with E-state index in [1.165, 1.54) is 5.57 Å². The number of carboxylic acid groups (broad SMARTS) is 1. The van der Waals surface area contributed by atoms with Gasteiger partial charge in [0.15, 0.2) is 0 Å². The first-order chi connectivity index (χ1) is 7.09. The molecular weight excluding hydrogens is 188 g/mol. The molecular formula is C13H20O2. The van der Waals surface area contributed by atoms with Gasteiger partial charge in [0.1, 0.15) is 0 Å². The molecule has 15 heavy (non-hydrogen) atoms. The van der Waals surface area contributed by atoms with E-state index in [1.54, 1.807) is 0 Å². The van der Waals surface area contributed by atoms with Crippen molar-refractivity contribution in [2.24, 2.45) is 23.7 Å². The van der Waals surface area contributed by atoms with E-state index in [2.05, 4.69) is 13.5 Å². The Morgan fingerprint density at radius 1 is 1.33 bits per heavy atom. The van der Waals surface area contributed by atoms with Crippen molar-refractivity contribution in [3.63, 3.8) is 0 Å². The standard InChI is InChI=1S/C13H20O2/c1-8-3-5-10-9(2)4-6-11(13(14)15)12(10)7-8/h9-12H,1,3-7H2,2H3,(H,14,15). The van der Waals surface area contributed by atoms with Gasteiger partial charge in [-0.1, -0.05) is 19.1 Å². The summed E-state index contributed by atoms with van der Waals surface area (Å²) in [7, 11) is 0. The van der Waals surface area contributed by atoms with E-state index in [-0.39, 0.29) is 5.92 Å². The van der Waals surface area contributed by atoms with Crippen LogP contribution in [0.3, 0.4) is 0 Å². The van der Waals surface area contributed by atoms with Gasteiger partial charge in [0, 0.05) is 0 Å². The fourth-order valence-electron chi connectivity index (χ4n) is 3.50. The first-order valence-corrected chi connectivity index (χ1v) is 5.99. The van der Waals surface area contributed by atoms with E-state index < -0.39 is 5.97 Å². The van der Waals surface area contributed by atoms with Crippen LogP contribution < -0.4 is 0 Å². The largest absolute Gasteiger partial charge is 0.481 e. The Morgan fingerprint density at radius 3 is 2.73 bits per heavy atom. The molecule has 2 nitrogen and oxygen atoms in total. The Bertz CT molecular complexity index is 282. The van der Waals surface area contributed by atoms with Gasteiger partial charge in [-0.2, -0.15) is 0 Å². The van der Waals surface area contributed by atoms with Crippen LogP contribution in [0.2, 0.25) is 0 Å². The van der Waals surface area contributed by atoms with E-state index in [0.717, 1.165) is 32.1 Å². The lowest BCUT2D eigenvalue weighted by Gasteiger charge is -2.44. The minimum absolute atomic E-state index is 0.108. The van der Waals surface area contributed by atoms with E-state index in [1.807, 2.05) is 0 Å². The number of carbonyl (C=O) groups is 1. The fourth-order valence-corrected chi connectivity index (χ4v) is 3.50. The third-order valence-electron chi connectivity index (χ3n) is 4.40. The van der Waals surface area contributed by atoms with Crippen molar-refractivity contribution in [3.8, 4) is 0 Å². The summed E-state index contributed by atoms with van der Waals surface area (Å²) in [5, 5.41) is 9.22. The zero-order valence-electron chi connectivity index (χ0n) is 9.41. The third-order valence-corrected chi connectivity index (χ3v) is 4.40. The van der Waals surface area contributed by atoms with Crippen LogP contribution in [0.5, 0.6) is 0 Å². The van der Waals surface area contributed by atoms with Crippen molar-refractivity contribution >= 4 is 5.97 Å². The van der Waals surface area contributed by atoms with Gasteiger partial charge in [-0.25, -0.2) is 0 Å². The summed E-state index contributed by atoms with van der Waals surface area (Å²) < 4.78 is 0. The number of hydrogen-bond acceptors (Lipinski definition) is 1. The van der Waals surface area contributed by atoms with Gasteiger partial charge < -0.3 is 5.11 Å². The molecule has 0 aromatic carbocycles. The molecule has 0 saturated heterocycles. The van der Waals surface area contributed by atoms with Gasteiger partial charge >= 0.3 is 5.97 Å². The van der Waals surface area contributed by atoms with Crippen molar-refractivity contribution in [3.05, 3.63) is 12.2 Å². The molecule has 0 aromatic heterocycles. The molecule has 2 aliphatic rings. The van der Waals surface area contributed by atoms with Gasteiger partial charge in [-0.15, -0.1) is 0 Å². The highest BCUT2D eigenvalue weighted by molar-refractivity contribution is 5.70. The zero-order valence-corrected chi connectivity index (χ0v) is 9.41. The molecule has 2 rings (SSSR count). The van der Waals surface area contributed by atoms with Gasteiger partial charge in [0.05, 0.1) is 5.92 Å². The maximum Gasteiger partial charge on any atom is 0.306 e. The zero-order chi connectivity index (χ0) is 11.0. The number of allylic oxidation sites excluding steroid dienone is 1. The Kier molecular flexibility index (Phi) is 2.85. The van der Waals surface area contributed by atoms with Crippen LogP contribution in [0, 0.1) is 23.7 Å². The van der Waals surface area contributed by atoms with E-state index >= 15 is 0 Å². The Morgan fingerprint density at radius 2 is 2.07 bits per heavy atom. The van der Waals surface area contributed by atoms with Crippen molar-refractivity contribution in [1.82, 2.24) is 0 Å². The molecule has 0 aliphatic heterocycles. The Labute approximate surface area is 91.4 Å². The van der Waals surface area contributed by atoms with E-state index in [4.69, 9.17) is 0 Å². The quantitative estimate of drug-likeness (QED) is 0.672. The third kappa shape index (κ3) is 1.95. The predicted octanol–water partition coefficient (Wildman–Crippen LogP) is 3.09. The lowest BCUT2D eigenvalue weighted by molar-refractivity contribution is -0.147. The van der Waals surface area contributed by atoms with Gasteiger partial charge in [-0.05, 0) is 49.9 Å². The number of carboxylic acids is 1. The summed E-state index contributed by atoms with van der Waals surface area (Å²) in [6, 6.07) is 0. The predicted molar refractivity (Wildman–Crippen MR) is 59.5 cm³/mol. The second kappa shape index (κ2) is 3.99. The molecule has 0 aromatic rings. The summed E-state index contributed by atoms with van der Waals surface area (Å²) in [6.07, 6.45) is 5.17. The first-order valence-electron chi connectivity index (χ1n) is 5.99. The molecule has 0 spiro atoms. The molecule has 0 bridgehead atoms. The second-order valence-corrected chi connectivity index (χ2v) is 5.32. The van der Waals surface area contributed by atoms with Crippen LogP contribution >= 0.6 is 0 Å². The van der Waals surface area contributed by atoms with Crippen molar-refractivity contribution < 1.29 is 9.90 Å². The van der Waals surface area contributed by atoms with Crippen LogP contribution in [-0.4, -0.2) is 11.1 Å². The summed E-state index contributed by atoms with van der Waals surface area (Å²) in [5.41, 5.74) is 1.26. The maximum atomic E-state index is 11.2. The molecule has 0 amide bonds. The molecule has 2 heteroatoms. The van der Waals surface area contributed by atoms with Crippen molar-refractivity contribution in [2.75, 3.05) is 0 Å². The van der Waals surface area contributed by atoms with Crippen LogP contribution in [0.25, 0.3) is 0 Å². The molecule has 1 N–H and O–H groups in total. The van der Waals surface area contributed by atoms with Crippen LogP contribution in [0.4, 0.5) is 0 Å². The average molecular weight is 208 g/mol. The van der Waals surface area contributed by atoms with Crippen LogP contribution in [0.15, 0.2) is 12.2 Å². The minimum Gasteiger partial charge on any atom is -0.481 e. The fraction of sp³-hybridized carbons (Fsp3) is 0.769. The monoisotopic (exact) mass is 208 g/mol.